The molecule has 0 heterocycles. The molecule has 0 aromatic heterocycles. The maximum Gasteiger partial charge on any atom is 0.116 e. The van der Waals surface area contributed by atoms with Crippen molar-refractivity contribution in [3.63, 3.8) is 0 Å². The van der Waals surface area contributed by atoms with Gasteiger partial charge in [-0.05, 0) is 80.6 Å². The Hall–Kier alpha value is -0.210. The van der Waals surface area contributed by atoms with Crippen LogP contribution >= 0.6 is 56.8 Å². The molecular formula is C14H11ClI2O2. The van der Waals surface area contributed by atoms with Crippen LogP contribution in [0.1, 0.15) is 17.0 Å². The molecule has 5 heteroatoms. The molecule has 0 unspecified atom stereocenters. The fourth-order valence-corrected chi connectivity index (χ4v) is 4.01. The highest BCUT2D eigenvalue weighted by molar-refractivity contribution is 14.1. The van der Waals surface area contributed by atoms with Crippen molar-refractivity contribution >= 4 is 56.8 Å². The van der Waals surface area contributed by atoms with Crippen molar-refractivity contribution in [1.82, 2.24) is 0 Å². The van der Waals surface area contributed by atoms with Crippen LogP contribution in [0.15, 0.2) is 36.4 Å². The molecule has 0 saturated carbocycles. The summed E-state index contributed by atoms with van der Waals surface area (Å²) in [6.07, 6.45) is 0. The van der Waals surface area contributed by atoms with Gasteiger partial charge in [-0.15, -0.1) is 11.6 Å². The van der Waals surface area contributed by atoms with E-state index in [0.29, 0.717) is 5.88 Å². The Bertz CT molecular complexity index is 550. The zero-order valence-corrected chi connectivity index (χ0v) is 14.8. The van der Waals surface area contributed by atoms with Crippen molar-refractivity contribution in [2.24, 2.45) is 0 Å². The average Bonchev–Trinajstić information content (AvgIpc) is 2.34. The Kier molecular flexibility index (Phi) is 5.19. The van der Waals surface area contributed by atoms with Crippen molar-refractivity contribution in [1.29, 1.82) is 0 Å². The lowest BCUT2D eigenvalue weighted by molar-refractivity contribution is 0.474. The summed E-state index contributed by atoms with van der Waals surface area (Å²) >= 11 is 10.5. The van der Waals surface area contributed by atoms with E-state index in [-0.39, 0.29) is 17.4 Å². The topological polar surface area (TPSA) is 40.5 Å². The summed E-state index contributed by atoms with van der Waals surface area (Å²) in [4.78, 5) is 0. The van der Waals surface area contributed by atoms with Crippen molar-refractivity contribution < 1.29 is 10.2 Å². The monoisotopic (exact) mass is 500 g/mol. The van der Waals surface area contributed by atoms with Crippen LogP contribution in [0, 0.1) is 7.14 Å². The predicted molar refractivity (Wildman–Crippen MR) is 94.2 cm³/mol. The molecule has 2 rings (SSSR count). The largest absolute Gasteiger partial charge is 0.508 e. The minimum atomic E-state index is 0.0432. The normalized spacial score (nSPS) is 10.9. The van der Waals surface area contributed by atoms with Crippen LogP contribution in [0.4, 0.5) is 0 Å². The Morgan fingerprint density at radius 1 is 0.895 bits per heavy atom. The van der Waals surface area contributed by atoms with E-state index in [9.17, 15) is 10.2 Å². The first-order valence-electron chi connectivity index (χ1n) is 5.55. The first-order valence-corrected chi connectivity index (χ1v) is 8.25. The number of alkyl halides is 1. The van der Waals surface area contributed by atoms with Crippen molar-refractivity contribution in [3.8, 4) is 11.5 Å². The minimum absolute atomic E-state index is 0.0432. The number of aromatic hydroxyl groups is 2. The van der Waals surface area contributed by atoms with Crippen LogP contribution in [-0.4, -0.2) is 16.1 Å². The van der Waals surface area contributed by atoms with Gasteiger partial charge in [0.1, 0.15) is 11.5 Å². The fraction of sp³-hybridized carbons (Fsp3) is 0.143. The van der Waals surface area contributed by atoms with Gasteiger partial charge in [-0.25, -0.2) is 0 Å². The highest BCUT2D eigenvalue weighted by atomic mass is 127. The fourth-order valence-electron chi connectivity index (χ4n) is 1.93. The lowest BCUT2D eigenvalue weighted by atomic mass is 9.93. The maximum atomic E-state index is 9.48. The molecule has 2 N–H and O–H groups in total. The molecule has 2 nitrogen and oxygen atoms in total. The maximum absolute atomic E-state index is 9.48. The SMILES string of the molecule is Oc1ccc(C(CCl)c2ccc(O)cc2I)c(I)c1. The molecule has 0 spiro atoms. The molecular weight excluding hydrogens is 489 g/mol. The van der Waals surface area contributed by atoms with Crippen LogP contribution < -0.4 is 0 Å². The third kappa shape index (κ3) is 3.46. The van der Waals surface area contributed by atoms with Crippen LogP contribution in [0.5, 0.6) is 11.5 Å². The van der Waals surface area contributed by atoms with E-state index in [1.165, 1.54) is 0 Å². The summed E-state index contributed by atoms with van der Waals surface area (Å²) < 4.78 is 1.96. The number of benzene rings is 2. The van der Waals surface area contributed by atoms with E-state index < -0.39 is 0 Å². The molecule has 0 atom stereocenters. The molecule has 0 radical (unpaired) electrons. The van der Waals surface area contributed by atoms with E-state index in [4.69, 9.17) is 11.6 Å². The van der Waals surface area contributed by atoms with Gasteiger partial charge in [0.15, 0.2) is 0 Å². The Balaban J connectivity index is 2.50. The number of halogens is 3. The third-order valence-corrected chi connectivity index (χ3v) is 5.05. The third-order valence-electron chi connectivity index (χ3n) is 2.87. The quantitative estimate of drug-likeness (QED) is 0.475. The first kappa shape index (κ1) is 15.2. The number of phenolic OH excluding ortho intramolecular Hbond substituents is 2. The van der Waals surface area contributed by atoms with Gasteiger partial charge in [0.05, 0.1) is 0 Å². The van der Waals surface area contributed by atoms with Gasteiger partial charge in [-0.3, -0.25) is 0 Å². The number of hydrogen-bond donors (Lipinski definition) is 2. The van der Waals surface area contributed by atoms with Crippen LogP contribution in [0.25, 0.3) is 0 Å². The highest BCUT2D eigenvalue weighted by Gasteiger charge is 2.19. The second-order valence-corrected chi connectivity index (χ2v) is 6.75. The minimum Gasteiger partial charge on any atom is -0.508 e. The van der Waals surface area contributed by atoms with Gasteiger partial charge in [0, 0.05) is 18.9 Å². The van der Waals surface area contributed by atoms with Crippen LogP contribution in [0.3, 0.4) is 0 Å². The molecule has 0 saturated heterocycles. The summed E-state index contributed by atoms with van der Waals surface area (Å²) in [5, 5.41) is 19.0. The van der Waals surface area contributed by atoms with Crippen molar-refractivity contribution in [2.45, 2.75) is 5.92 Å². The number of hydrogen-bond acceptors (Lipinski definition) is 2. The number of rotatable bonds is 3. The Morgan fingerprint density at radius 3 is 1.63 bits per heavy atom. The lowest BCUT2D eigenvalue weighted by Gasteiger charge is -2.18. The molecule has 100 valence electrons. The molecule has 0 fully saturated rings. The lowest BCUT2D eigenvalue weighted by Crippen LogP contribution is -2.06. The van der Waals surface area contributed by atoms with Gasteiger partial charge < -0.3 is 10.2 Å². The standard InChI is InChI=1S/C14H11ClI2O2/c15-7-12(10-3-1-8(18)5-13(10)16)11-4-2-9(19)6-14(11)17/h1-6,12,18-19H,7H2. The molecule has 0 bridgehead atoms. The second kappa shape index (κ2) is 6.49. The Morgan fingerprint density at radius 2 is 1.32 bits per heavy atom. The van der Waals surface area contributed by atoms with Gasteiger partial charge in [0.2, 0.25) is 0 Å². The van der Waals surface area contributed by atoms with Crippen LogP contribution in [-0.2, 0) is 0 Å². The first-order chi connectivity index (χ1) is 9.02. The van der Waals surface area contributed by atoms with Crippen molar-refractivity contribution in [3.05, 3.63) is 54.7 Å². The summed E-state index contributed by atoms with van der Waals surface area (Å²) in [5.74, 6) is 0.993. The van der Waals surface area contributed by atoms with Gasteiger partial charge >= 0.3 is 0 Å². The molecule has 2 aromatic rings. The summed E-state index contributed by atoms with van der Waals surface area (Å²) in [7, 11) is 0. The zero-order valence-electron chi connectivity index (χ0n) is 9.78. The smallest absolute Gasteiger partial charge is 0.116 e. The summed E-state index contributed by atoms with van der Waals surface area (Å²) in [6, 6.07) is 10.6. The van der Waals surface area contributed by atoms with E-state index in [1.54, 1.807) is 24.3 Å². The highest BCUT2D eigenvalue weighted by Crippen LogP contribution is 2.34. The second-order valence-electron chi connectivity index (χ2n) is 4.12. The van der Waals surface area contributed by atoms with E-state index in [1.807, 2.05) is 12.1 Å². The summed E-state index contributed by atoms with van der Waals surface area (Å²) in [5.41, 5.74) is 2.16. The van der Waals surface area contributed by atoms with Crippen LogP contribution in [0.2, 0.25) is 0 Å². The van der Waals surface area contributed by atoms with E-state index in [2.05, 4.69) is 45.2 Å². The molecule has 0 aliphatic carbocycles. The molecule has 19 heavy (non-hydrogen) atoms. The van der Waals surface area contributed by atoms with Gasteiger partial charge in [-0.1, -0.05) is 12.1 Å². The molecule has 0 amide bonds. The summed E-state index contributed by atoms with van der Waals surface area (Å²) in [6.45, 7) is 0. The van der Waals surface area contributed by atoms with Gasteiger partial charge in [-0.2, -0.15) is 0 Å². The Labute approximate surface area is 144 Å². The van der Waals surface area contributed by atoms with Crippen molar-refractivity contribution in [2.75, 3.05) is 5.88 Å². The van der Waals surface area contributed by atoms with Gasteiger partial charge in [0.25, 0.3) is 0 Å². The molecule has 0 aliphatic rings. The molecule has 0 aliphatic heterocycles. The van der Waals surface area contributed by atoms with E-state index in [0.717, 1.165) is 18.3 Å². The van der Waals surface area contributed by atoms with E-state index >= 15 is 0 Å². The molecule has 2 aromatic carbocycles. The predicted octanol–water partition coefficient (Wildman–Crippen LogP) is 4.68. The average molecular weight is 501 g/mol. The zero-order chi connectivity index (χ0) is 14.0. The number of phenols is 2.